The first-order valence-electron chi connectivity index (χ1n) is 7.26. The fourth-order valence-electron chi connectivity index (χ4n) is 2.05. The quantitative estimate of drug-likeness (QED) is 0.768. The van der Waals surface area contributed by atoms with Gasteiger partial charge in [-0.15, -0.1) is 0 Å². The van der Waals surface area contributed by atoms with Crippen LogP contribution in [0.1, 0.15) is 24.6 Å². The molecule has 0 radical (unpaired) electrons. The molecule has 0 spiro atoms. The predicted octanol–water partition coefficient (Wildman–Crippen LogP) is 2.33. The molecule has 5 nitrogen and oxygen atoms in total. The SMILES string of the molecule is CCCNCc1cn(CC(=O)Nc2ccccc2C)cn1. The van der Waals surface area contributed by atoms with Gasteiger partial charge in [0.1, 0.15) is 6.54 Å². The molecule has 0 atom stereocenters. The van der Waals surface area contributed by atoms with Crippen molar-refractivity contribution in [3.63, 3.8) is 0 Å². The summed E-state index contributed by atoms with van der Waals surface area (Å²) in [6.45, 7) is 6.09. The molecule has 1 amide bonds. The van der Waals surface area contributed by atoms with E-state index in [1.807, 2.05) is 37.4 Å². The fraction of sp³-hybridized carbons (Fsp3) is 0.375. The van der Waals surface area contributed by atoms with Crippen LogP contribution in [0.5, 0.6) is 0 Å². The summed E-state index contributed by atoms with van der Waals surface area (Å²) in [5.74, 6) is -0.0465. The molecule has 0 unspecified atom stereocenters. The Morgan fingerprint density at radius 1 is 1.33 bits per heavy atom. The number of carbonyl (C=O) groups is 1. The summed E-state index contributed by atoms with van der Waals surface area (Å²) < 4.78 is 1.80. The highest BCUT2D eigenvalue weighted by atomic mass is 16.1. The summed E-state index contributed by atoms with van der Waals surface area (Å²) in [7, 11) is 0. The number of aromatic nitrogens is 2. The number of para-hydroxylation sites is 1. The van der Waals surface area contributed by atoms with Crippen LogP contribution in [-0.4, -0.2) is 22.0 Å². The number of rotatable bonds is 7. The Labute approximate surface area is 125 Å². The Kier molecular flexibility index (Phi) is 5.51. The number of benzene rings is 1. The number of amides is 1. The van der Waals surface area contributed by atoms with Crippen molar-refractivity contribution in [1.29, 1.82) is 0 Å². The summed E-state index contributed by atoms with van der Waals surface area (Å²) in [5, 5.41) is 6.21. The molecule has 0 aliphatic rings. The molecule has 2 aromatic rings. The van der Waals surface area contributed by atoms with Gasteiger partial charge < -0.3 is 15.2 Å². The standard InChI is InChI=1S/C16H22N4O/c1-3-8-17-9-14-10-20(12-18-14)11-16(21)19-15-7-5-4-6-13(15)2/h4-7,10,12,17H,3,8-9,11H2,1-2H3,(H,19,21). The van der Waals surface area contributed by atoms with Crippen molar-refractivity contribution in [2.24, 2.45) is 0 Å². The van der Waals surface area contributed by atoms with E-state index in [2.05, 4.69) is 22.5 Å². The van der Waals surface area contributed by atoms with Gasteiger partial charge >= 0.3 is 0 Å². The maximum absolute atomic E-state index is 12.0. The van der Waals surface area contributed by atoms with Crippen molar-refractivity contribution < 1.29 is 4.79 Å². The van der Waals surface area contributed by atoms with Crippen molar-refractivity contribution in [3.8, 4) is 0 Å². The van der Waals surface area contributed by atoms with E-state index in [0.29, 0.717) is 0 Å². The molecule has 2 N–H and O–H groups in total. The minimum atomic E-state index is -0.0465. The van der Waals surface area contributed by atoms with Crippen LogP contribution in [0.25, 0.3) is 0 Å². The van der Waals surface area contributed by atoms with Gasteiger partial charge in [-0.25, -0.2) is 4.98 Å². The van der Waals surface area contributed by atoms with Crippen LogP contribution in [0.15, 0.2) is 36.8 Å². The highest BCUT2D eigenvalue weighted by molar-refractivity contribution is 5.91. The van der Waals surface area contributed by atoms with E-state index >= 15 is 0 Å². The van der Waals surface area contributed by atoms with Gasteiger partial charge in [-0.1, -0.05) is 25.1 Å². The number of nitrogens with one attached hydrogen (secondary N) is 2. The Hall–Kier alpha value is -2.14. The molecule has 21 heavy (non-hydrogen) atoms. The number of carbonyl (C=O) groups excluding carboxylic acids is 1. The molecular formula is C16H22N4O. The Morgan fingerprint density at radius 3 is 2.90 bits per heavy atom. The number of nitrogens with zero attached hydrogens (tertiary/aromatic N) is 2. The molecule has 0 saturated heterocycles. The maximum Gasteiger partial charge on any atom is 0.244 e. The van der Waals surface area contributed by atoms with Crippen molar-refractivity contribution in [2.75, 3.05) is 11.9 Å². The van der Waals surface area contributed by atoms with Crippen LogP contribution in [0.3, 0.4) is 0 Å². The molecule has 2 rings (SSSR count). The molecule has 5 heteroatoms. The zero-order valence-corrected chi connectivity index (χ0v) is 12.6. The zero-order chi connectivity index (χ0) is 15.1. The highest BCUT2D eigenvalue weighted by Gasteiger charge is 2.06. The lowest BCUT2D eigenvalue weighted by molar-refractivity contribution is -0.116. The third-order valence-electron chi connectivity index (χ3n) is 3.16. The summed E-state index contributed by atoms with van der Waals surface area (Å²) in [4.78, 5) is 16.3. The Morgan fingerprint density at radius 2 is 2.14 bits per heavy atom. The summed E-state index contributed by atoms with van der Waals surface area (Å²) in [5.41, 5.74) is 2.86. The lowest BCUT2D eigenvalue weighted by Gasteiger charge is -2.08. The van der Waals surface area contributed by atoms with Crippen LogP contribution in [0, 0.1) is 6.92 Å². The third kappa shape index (κ3) is 4.72. The van der Waals surface area contributed by atoms with E-state index in [1.165, 1.54) is 0 Å². The van der Waals surface area contributed by atoms with Crippen molar-refractivity contribution in [3.05, 3.63) is 48.0 Å². The minimum absolute atomic E-state index is 0.0465. The van der Waals surface area contributed by atoms with Gasteiger partial charge in [0.2, 0.25) is 5.91 Å². The zero-order valence-electron chi connectivity index (χ0n) is 12.6. The van der Waals surface area contributed by atoms with Crippen LogP contribution in [0.2, 0.25) is 0 Å². The van der Waals surface area contributed by atoms with Gasteiger partial charge in [0.25, 0.3) is 0 Å². The number of anilines is 1. The van der Waals surface area contributed by atoms with E-state index in [4.69, 9.17) is 0 Å². The van der Waals surface area contributed by atoms with E-state index in [1.54, 1.807) is 10.9 Å². The monoisotopic (exact) mass is 286 g/mol. The predicted molar refractivity (Wildman–Crippen MR) is 84.0 cm³/mol. The number of aryl methyl sites for hydroxylation is 1. The number of hydrogen-bond donors (Lipinski definition) is 2. The summed E-state index contributed by atoms with van der Waals surface area (Å²) in [6, 6.07) is 7.75. The van der Waals surface area contributed by atoms with Crippen LogP contribution < -0.4 is 10.6 Å². The lowest BCUT2D eigenvalue weighted by atomic mass is 10.2. The van der Waals surface area contributed by atoms with E-state index in [-0.39, 0.29) is 12.5 Å². The first-order valence-corrected chi connectivity index (χ1v) is 7.26. The van der Waals surface area contributed by atoms with Crippen molar-refractivity contribution in [1.82, 2.24) is 14.9 Å². The van der Waals surface area contributed by atoms with Crippen molar-refractivity contribution >= 4 is 11.6 Å². The van der Waals surface area contributed by atoms with E-state index in [9.17, 15) is 4.79 Å². The first kappa shape index (κ1) is 15.3. The highest BCUT2D eigenvalue weighted by Crippen LogP contribution is 2.13. The first-order chi connectivity index (χ1) is 10.2. The molecule has 1 aromatic carbocycles. The molecule has 0 bridgehead atoms. The molecule has 0 aliphatic heterocycles. The van der Waals surface area contributed by atoms with Crippen molar-refractivity contribution in [2.45, 2.75) is 33.4 Å². The fourth-order valence-corrected chi connectivity index (χ4v) is 2.05. The van der Waals surface area contributed by atoms with Gasteiger partial charge in [-0.2, -0.15) is 0 Å². The van der Waals surface area contributed by atoms with Gasteiger partial charge in [0.15, 0.2) is 0 Å². The molecule has 0 aliphatic carbocycles. The molecule has 112 valence electrons. The number of hydrogen-bond acceptors (Lipinski definition) is 3. The van der Waals surface area contributed by atoms with E-state index in [0.717, 1.165) is 36.5 Å². The van der Waals surface area contributed by atoms with Gasteiger partial charge in [0, 0.05) is 18.4 Å². The smallest absolute Gasteiger partial charge is 0.244 e. The van der Waals surface area contributed by atoms with Crippen LogP contribution in [0.4, 0.5) is 5.69 Å². The average Bonchev–Trinajstić information content (AvgIpc) is 2.89. The second-order valence-corrected chi connectivity index (χ2v) is 5.08. The molecule has 1 heterocycles. The van der Waals surface area contributed by atoms with Crippen LogP contribution in [-0.2, 0) is 17.9 Å². The average molecular weight is 286 g/mol. The van der Waals surface area contributed by atoms with E-state index < -0.39 is 0 Å². The summed E-state index contributed by atoms with van der Waals surface area (Å²) >= 11 is 0. The molecular weight excluding hydrogens is 264 g/mol. The second-order valence-electron chi connectivity index (χ2n) is 5.08. The lowest BCUT2D eigenvalue weighted by Crippen LogP contribution is -2.18. The minimum Gasteiger partial charge on any atom is -0.328 e. The molecule has 1 aromatic heterocycles. The molecule has 0 fully saturated rings. The van der Waals surface area contributed by atoms with Gasteiger partial charge in [0.05, 0.1) is 12.0 Å². The number of imidazole rings is 1. The normalized spacial score (nSPS) is 10.6. The van der Waals surface area contributed by atoms with Gasteiger partial charge in [-0.05, 0) is 31.5 Å². The Balaban J connectivity index is 1.87. The maximum atomic E-state index is 12.0. The van der Waals surface area contributed by atoms with Gasteiger partial charge in [-0.3, -0.25) is 4.79 Å². The Bertz CT molecular complexity index is 591. The van der Waals surface area contributed by atoms with Crippen LogP contribution >= 0.6 is 0 Å². The third-order valence-corrected chi connectivity index (χ3v) is 3.16. The summed E-state index contributed by atoms with van der Waals surface area (Å²) in [6.07, 6.45) is 4.69. The largest absolute Gasteiger partial charge is 0.328 e. The molecule has 0 saturated carbocycles. The second kappa shape index (κ2) is 7.59. The topological polar surface area (TPSA) is 59.0 Å².